The number of hydrogen-bond donors (Lipinski definition) is 3. The lowest BCUT2D eigenvalue weighted by molar-refractivity contribution is -0.124. The van der Waals surface area contributed by atoms with Gasteiger partial charge in [0.1, 0.15) is 5.82 Å². The molecule has 4 N–H and O–H groups in total. The molecule has 25 heavy (non-hydrogen) atoms. The van der Waals surface area contributed by atoms with E-state index in [0.717, 1.165) is 35.4 Å². The van der Waals surface area contributed by atoms with Gasteiger partial charge in [-0.05, 0) is 66.8 Å². The Morgan fingerprint density at radius 3 is 2.48 bits per heavy atom. The Balaban J connectivity index is 0.000000880. The predicted octanol–water partition coefficient (Wildman–Crippen LogP) is 4.93. The van der Waals surface area contributed by atoms with Gasteiger partial charge < -0.3 is 15.8 Å². The molecule has 4 nitrogen and oxygen atoms in total. The zero-order chi connectivity index (χ0) is 18.0. The largest absolute Gasteiger partial charge is 0.397 e. The minimum Gasteiger partial charge on any atom is -0.397 e. The summed E-state index contributed by atoms with van der Waals surface area (Å²) in [5.74, 6) is -0.198. The Bertz CT molecular complexity index is 788. The number of hydrogen-bond acceptors (Lipinski definition) is 4. The Hall–Kier alpha value is -2.21. The molecule has 0 saturated heterocycles. The fourth-order valence-corrected chi connectivity index (χ4v) is 3.85. The quantitative estimate of drug-likeness (QED) is 0.537. The second kappa shape index (κ2) is 6.96. The van der Waals surface area contributed by atoms with Crippen LogP contribution in [0.1, 0.15) is 38.7 Å². The van der Waals surface area contributed by atoms with Crippen molar-refractivity contribution in [3.05, 3.63) is 47.8 Å². The predicted molar refractivity (Wildman–Crippen MR) is 102 cm³/mol. The van der Waals surface area contributed by atoms with E-state index in [0.29, 0.717) is 11.4 Å². The summed E-state index contributed by atoms with van der Waals surface area (Å²) in [5, 5.41) is 2.93. The molecule has 1 aliphatic carbocycles. The smallest absolute Gasteiger partial charge is 0.235 e. The van der Waals surface area contributed by atoms with Crippen molar-refractivity contribution >= 4 is 34.9 Å². The van der Waals surface area contributed by atoms with Gasteiger partial charge in [0.2, 0.25) is 5.91 Å². The summed E-state index contributed by atoms with van der Waals surface area (Å²) in [4.78, 5) is 13.3. The number of anilines is 3. The summed E-state index contributed by atoms with van der Waals surface area (Å²) >= 11 is 1.40. The highest BCUT2D eigenvalue weighted by Gasteiger charge is 2.49. The van der Waals surface area contributed by atoms with Gasteiger partial charge in [0, 0.05) is 10.6 Å². The van der Waals surface area contributed by atoms with Crippen LogP contribution in [0.2, 0.25) is 0 Å². The van der Waals surface area contributed by atoms with Crippen molar-refractivity contribution in [3.63, 3.8) is 0 Å². The maximum absolute atomic E-state index is 12.9. The van der Waals surface area contributed by atoms with Gasteiger partial charge in [0.15, 0.2) is 0 Å². The molecule has 2 aliphatic rings. The number of amides is 1. The third-order valence-electron chi connectivity index (χ3n) is 4.69. The summed E-state index contributed by atoms with van der Waals surface area (Å²) in [6.45, 7) is 4.00. The SMILES string of the molecule is CC.Nc1c2cc(NSc3ccc(F)cc3)cc1C1(CCC1)C(=O)N2. The van der Waals surface area contributed by atoms with E-state index in [4.69, 9.17) is 5.73 Å². The van der Waals surface area contributed by atoms with Crippen LogP contribution in [0.4, 0.5) is 21.5 Å². The molecule has 2 aromatic carbocycles. The van der Waals surface area contributed by atoms with Crippen molar-refractivity contribution in [1.82, 2.24) is 0 Å². The maximum atomic E-state index is 12.9. The molecule has 2 aromatic rings. The van der Waals surface area contributed by atoms with Gasteiger partial charge in [0.05, 0.1) is 16.8 Å². The summed E-state index contributed by atoms with van der Waals surface area (Å²) in [6, 6.07) is 10.1. The Morgan fingerprint density at radius 2 is 1.88 bits per heavy atom. The highest BCUT2D eigenvalue weighted by Crippen LogP contribution is 2.52. The molecule has 1 aliphatic heterocycles. The number of carbonyl (C=O) groups is 1. The Morgan fingerprint density at radius 1 is 1.20 bits per heavy atom. The molecule has 1 spiro atoms. The van der Waals surface area contributed by atoms with Crippen LogP contribution in [0, 0.1) is 5.82 Å². The first-order chi connectivity index (χ1) is 12.1. The van der Waals surface area contributed by atoms with Crippen molar-refractivity contribution in [2.45, 2.75) is 43.4 Å². The van der Waals surface area contributed by atoms with E-state index in [-0.39, 0.29) is 11.7 Å². The fraction of sp³-hybridized carbons (Fsp3) is 0.316. The van der Waals surface area contributed by atoms with Crippen LogP contribution < -0.4 is 15.8 Å². The molecule has 1 heterocycles. The van der Waals surface area contributed by atoms with Gasteiger partial charge in [-0.25, -0.2) is 4.39 Å². The van der Waals surface area contributed by atoms with E-state index in [1.807, 2.05) is 26.0 Å². The number of benzene rings is 2. The van der Waals surface area contributed by atoms with Gasteiger partial charge in [0.25, 0.3) is 0 Å². The molecule has 1 fully saturated rings. The topological polar surface area (TPSA) is 67.1 Å². The van der Waals surface area contributed by atoms with Crippen molar-refractivity contribution in [2.75, 3.05) is 15.8 Å². The van der Waals surface area contributed by atoms with Crippen molar-refractivity contribution in [2.24, 2.45) is 0 Å². The van der Waals surface area contributed by atoms with Crippen LogP contribution in [0.25, 0.3) is 0 Å². The molecule has 6 heteroatoms. The average Bonchev–Trinajstić information content (AvgIpc) is 2.57. The lowest BCUT2D eigenvalue weighted by atomic mass is 9.62. The van der Waals surface area contributed by atoms with Gasteiger partial charge in [-0.3, -0.25) is 4.79 Å². The number of fused-ring (bicyclic) bond motifs is 3. The van der Waals surface area contributed by atoms with E-state index in [9.17, 15) is 9.18 Å². The molecule has 4 rings (SSSR count). The lowest BCUT2D eigenvalue weighted by Gasteiger charge is -2.44. The van der Waals surface area contributed by atoms with Gasteiger partial charge >= 0.3 is 0 Å². The summed E-state index contributed by atoms with van der Waals surface area (Å²) < 4.78 is 16.2. The van der Waals surface area contributed by atoms with E-state index < -0.39 is 5.41 Å². The molecular formula is C19H22FN3OS. The Labute approximate surface area is 151 Å². The van der Waals surface area contributed by atoms with Crippen LogP contribution in [0.15, 0.2) is 41.3 Å². The monoisotopic (exact) mass is 359 g/mol. The lowest BCUT2D eigenvalue weighted by Crippen LogP contribution is -2.48. The van der Waals surface area contributed by atoms with Crippen LogP contribution in [0.5, 0.6) is 0 Å². The summed E-state index contributed by atoms with van der Waals surface area (Å²) in [7, 11) is 0. The van der Waals surface area contributed by atoms with Gasteiger partial charge in [-0.15, -0.1) is 0 Å². The molecule has 0 unspecified atom stereocenters. The average molecular weight is 359 g/mol. The highest BCUT2D eigenvalue weighted by molar-refractivity contribution is 8.00. The molecule has 1 saturated carbocycles. The number of nitrogens with two attached hydrogens (primary N) is 1. The van der Waals surface area contributed by atoms with Crippen LogP contribution in [-0.2, 0) is 10.2 Å². The van der Waals surface area contributed by atoms with Crippen LogP contribution in [0.3, 0.4) is 0 Å². The first-order valence-electron chi connectivity index (χ1n) is 8.52. The molecular weight excluding hydrogens is 337 g/mol. The number of carbonyl (C=O) groups excluding carboxylic acids is 1. The van der Waals surface area contributed by atoms with Crippen LogP contribution >= 0.6 is 11.9 Å². The second-order valence-electron chi connectivity index (χ2n) is 6.03. The normalized spacial score (nSPS) is 16.4. The third kappa shape index (κ3) is 3.06. The standard InChI is InChI=1S/C17H16FN3OS.C2H6/c18-10-2-4-12(5-3-10)23-21-11-8-13-15(19)14(9-11)20-16(22)17(13)6-1-7-17;1-2/h2-5,8-9,21H,1,6-7,19H2,(H,20,22);1-2H3. The Kier molecular flexibility index (Phi) is 4.90. The van der Waals surface area contributed by atoms with E-state index >= 15 is 0 Å². The molecule has 0 radical (unpaired) electrons. The number of halogens is 1. The highest BCUT2D eigenvalue weighted by atomic mass is 32.2. The van der Waals surface area contributed by atoms with Crippen molar-refractivity contribution in [3.8, 4) is 0 Å². The number of nitrogen functional groups attached to an aromatic ring is 1. The fourth-order valence-electron chi connectivity index (χ4n) is 3.22. The molecule has 2 bridgehead atoms. The maximum Gasteiger partial charge on any atom is 0.235 e. The zero-order valence-corrected chi connectivity index (χ0v) is 15.2. The van der Waals surface area contributed by atoms with E-state index in [1.165, 1.54) is 24.1 Å². The summed E-state index contributed by atoms with van der Waals surface area (Å²) in [5.41, 5.74) is 8.87. The number of nitrogens with one attached hydrogen (secondary N) is 2. The van der Waals surface area contributed by atoms with E-state index in [1.54, 1.807) is 12.1 Å². The minimum atomic E-state index is -0.449. The molecule has 132 valence electrons. The summed E-state index contributed by atoms with van der Waals surface area (Å²) in [6.07, 6.45) is 2.73. The van der Waals surface area contributed by atoms with Crippen molar-refractivity contribution < 1.29 is 9.18 Å². The zero-order valence-electron chi connectivity index (χ0n) is 14.4. The van der Waals surface area contributed by atoms with Gasteiger partial charge in [-0.2, -0.15) is 0 Å². The second-order valence-corrected chi connectivity index (χ2v) is 6.91. The van der Waals surface area contributed by atoms with Crippen molar-refractivity contribution in [1.29, 1.82) is 0 Å². The first-order valence-corrected chi connectivity index (χ1v) is 9.34. The molecule has 0 aromatic heterocycles. The molecule has 1 amide bonds. The van der Waals surface area contributed by atoms with Gasteiger partial charge in [-0.1, -0.05) is 20.3 Å². The van der Waals surface area contributed by atoms with Crippen LogP contribution in [-0.4, -0.2) is 5.91 Å². The molecule has 0 atom stereocenters. The number of rotatable bonds is 3. The first kappa shape index (κ1) is 17.6. The minimum absolute atomic E-state index is 0.0562. The van der Waals surface area contributed by atoms with E-state index in [2.05, 4.69) is 10.0 Å². The third-order valence-corrected chi connectivity index (χ3v) is 5.53.